The largest absolute Gasteiger partial charge is 0.359 e. The Morgan fingerprint density at radius 3 is 3.00 bits per heavy atom. The van der Waals surface area contributed by atoms with E-state index in [9.17, 15) is 0 Å². The summed E-state index contributed by atoms with van der Waals surface area (Å²) in [5, 5.41) is 13.2. The van der Waals surface area contributed by atoms with Crippen LogP contribution < -0.4 is 5.32 Å². The van der Waals surface area contributed by atoms with Gasteiger partial charge in [-0.25, -0.2) is 0 Å². The van der Waals surface area contributed by atoms with E-state index in [1.807, 2.05) is 30.5 Å². The quantitative estimate of drug-likeness (QED) is 0.715. The van der Waals surface area contributed by atoms with Crippen LogP contribution in [0.1, 0.15) is 5.56 Å². The third-order valence-corrected chi connectivity index (χ3v) is 2.75. The predicted octanol–water partition coefficient (Wildman–Crippen LogP) is 3.18. The number of aromatic amines is 1. The number of hydrogen-bond acceptors (Lipinski definition) is 3. The fourth-order valence-electron chi connectivity index (χ4n) is 1.89. The highest BCUT2D eigenvalue weighted by atomic mass is 14.9. The van der Waals surface area contributed by atoms with Gasteiger partial charge in [0, 0.05) is 23.3 Å². The van der Waals surface area contributed by atoms with Crippen LogP contribution in [0.3, 0.4) is 0 Å². The SMILES string of the molecule is N#Cc1ccc2[nH]cc(Nc3cccnc3)c2c1. The Labute approximate surface area is 104 Å². The van der Waals surface area contributed by atoms with Gasteiger partial charge in [0.25, 0.3) is 0 Å². The summed E-state index contributed by atoms with van der Waals surface area (Å²) < 4.78 is 0. The number of rotatable bonds is 2. The standard InChI is InChI=1S/C14H10N4/c15-7-10-3-4-13-12(6-10)14(9-17-13)18-11-2-1-5-16-8-11/h1-6,8-9,17-18H. The second-order valence-electron chi connectivity index (χ2n) is 3.94. The minimum absolute atomic E-state index is 0.649. The molecule has 3 aromatic rings. The molecule has 86 valence electrons. The number of aromatic nitrogens is 2. The highest BCUT2D eigenvalue weighted by Crippen LogP contribution is 2.26. The molecule has 0 bridgehead atoms. The van der Waals surface area contributed by atoms with Crippen LogP contribution in [0.2, 0.25) is 0 Å². The Morgan fingerprint density at radius 2 is 2.22 bits per heavy atom. The Kier molecular flexibility index (Phi) is 2.43. The fourth-order valence-corrected chi connectivity index (χ4v) is 1.89. The van der Waals surface area contributed by atoms with E-state index >= 15 is 0 Å². The molecule has 0 aliphatic heterocycles. The summed E-state index contributed by atoms with van der Waals surface area (Å²) in [5.74, 6) is 0. The van der Waals surface area contributed by atoms with Gasteiger partial charge in [-0.05, 0) is 30.3 Å². The van der Waals surface area contributed by atoms with Crippen LogP contribution in [0.4, 0.5) is 11.4 Å². The highest BCUT2D eigenvalue weighted by Gasteiger charge is 2.04. The summed E-state index contributed by atoms with van der Waals surface area (Å²) in [5.41, 5.74) is 3.51. The topological polar surface area (TPSA) is 64.5 Å². The van der Waals surface area contributed by atoms with E-state index in [0.717, 1.165) is 22.3 Å². The molecule has 0 atom stereocenters. The first-order valence-electron chi connectivity index (χ1n) is 5.55. The van der Waals surface area contributed by atoms with E-state index in [1.165, 1.54) is 0 Å². The average Bonchev–Trinajstić information content (AvgIpc) is 2.82. The van der Waals surface area contributed by atoms with Crippen molar-refractivity contribution >= 4 is 22.3 Å². The number of benzene rings is 1. The second kappa shape index (κ2) is 4.22. The maximum atomic E-state index is 8.92. The number of H-pyrrole nitrogens is 1. The number of fused-ring (bicyclic) bond motifs is 1. The number of nitriles is 1. The lowest BCUT2D eigenvalue weighted by molar-refractivity contribution is 1.32. The van der Waals surface area contributed by atoms with Crippen LogP contribution in [0.5, 0.6) is 0 Å². The van der Waals surface area contributed by atoms with Crippen molar-refractivity contribution in [1.29, 1.82) is 5.26 Å². The van der Waals surface area contributed by atoms with Crippen molar-refractivity contribution < 1.29 is 0 Å². The molecular weight excluding hydrogens is 224 g/mol. The van der Waals surface area contributed by atoms with Crippen LogP contribution >= 0.6 is 0 Å². The fraction of sp³-hybridized carbons (Fsp3) is 0. The zero-order valence-electron chi connectivity index (χ0n) is 9.51. The van der Waals surface area contributed by atoms with Crippen LogP contribution in [0.15, 0.2) is 48.9 Å². The van der Waals surface area contributed by atoms with Crippen molar-refractivity contribution in [3.05, 3.63) is 54.5 Å². The molecule has 0 saturated heterocycles. The Bertz CT molecular complexity index is 722. The molecule has 1 aromatic carbocycles. The molecule has 0 aliphatic carbocycles. The highest BCUT2D eigenvalue weighted by molar-refractivity contribution is 5.94. The lowest BCUT2D eigenvalue weighted by Crippen LogP contribution is -1.89. The van der Waals surface area contributed by atoms with Crippen molar-refractivity contribution in [2.24, 2.45) is 0 Å². The Hall–Kier alpha value is -2.80. The van der Waals surface area contributed by atoms with Gasteiger partial charge in [-0.15, -0.1) is 0 Å². The normalized spacial score (nSPS) is 10.2. The number of hydrogen-bond donors (Lipinski definition) is 2. The lowest BCUT2D eigenvalue weighted by Gasteiger charge is -2.03. The van der Waals surface area contributed by atoms with Gasteiger partial charge in [0.05, 0.1) is 29.2 Å². The molecule has 0 amide bonds. The minimum Gasteiger partial charge on any atom is -0.359 e. The van der Waals surface area contributed by atoms with Crippen molar-refractivity contribution in [2.75, 3.05) is 5.32 Å². The van der Waals surface area contributed by atoms with E-state index < -0.39 is 0 Å². The molecule has 0 unspecified atom stereocenters. The molecular formula is C14H10N4. The third kappa shape index (κ3) is 1.78. The minimum atomic E-state index is 0.649. The van der Waals surface area contributed by atoms with Crippen molar-refractivity contribution in [1.82, 2.24) is 9.97 Å². The molecule has 0 saturated carbocycles. The van der Waals surface area contributed by atoms with Crippen molar-refractivity contribution in [3.63, 3.8) is 0 Å². The first-order chi connectivity index (χ1) is 8.86. The van der Waals surface area contributed by atoms with Gasteiger partial charge >= 0.3 is 0 Å². The molecule has 2 N–H and O–H groups in total. The van der Waals surface area contributed by atoms with Gasteiger partial charge in [-0.2, -0.15) is 5.26 Å². The molecule has 18 heavy (non-hydrogen) atoms. The summed E-state index contributed by atoms with van der Waals surface area (Å²) in [7, 11) is 0. The van der Waals surface area contributed by atoms with E-state index in [1.54, 1.807) is 18.5 Å². The van der Waals surface area contributed by atoms with Gasteiger partial charge in [0.2, 0.25) is 0 Å². The Morgan fingerprint density at radius 1 is 1.28 bits per heavy atom. The molecule has 0 radical (unpaired) electrons. The van der Waals surface area contributed by atoms with Gasteiger partial charge in [0.15, 0.2) is 0 Å². The monoisotopic (exact) mass is 234 g/mol. The summed E-state index contributed by atoms with van der Waals surface area (Å²) >= 11 is 0. The first-order valence-corrected chi connectivity index (χ1v) is 5.55. The van der Waals surface area contributed by atoms with Crippen LogP contribution in [-0.2, 0) is 0 Å². The number of nitrogens with one attached hydrogen (secondary N) is 2. The smallest absolute Gasteiger partial charge is 0.0991 e. The molecule has 2 aromatic heterocycles. The maximum absolute atomic E-state index is 8.92. The van der Waals surface area contributed by atoms with Gasteiger partial charge in [-0.1, -0.05) is 0 Å². The molecule has 0 aliphatic rings. The summed E-state index contributed by atoms with van der Waals surface area (Å²) in [6, 6.07) is 11.5. The summed E-state index contributed by atoms with van der Waals surface area (Å²) in [6.07, 6.45) is 5.37. The van der Waals surface area contributed by atoms with E-state index in [0.29, 0.717) is 5.56 Å². The first kappa shape index (κ1) is 10.4. The molecule has 4 heteroatoms. The van der Waals surface area contributed by atoms with E-state index in [2.05, 4.69) is 21.4 Å². The number of pyridine rings is 1. The number of nitrogens with zero attached hydrogens (tertiary/aromatic N) is 2. The van der Waals surface area contributed by atoms with Gasteiger partial charge in [-0.3, -0.25) is 4.98 Å². The molecule has 2 heterocycles. The van der Waals surface area contributed by atoms with E-state index in [-0.39, 0.29) is 0 Å². The second-order valence-corrected chi connectivity index (χ2v) is 3.94. The molecule has 4 nitrogen and oxygen atoms in total. The average molecular weight is 234 g/mol. The van der Waals surface area contributed by atoms with Crippen LogP contribution in [0.25, 0.3) is 10.9 Å². The Balaban J connectivity index is 2.05. The van der Waals surface area contributed by atoms with Gasteiger partial charge < -0.3 is 10.3 Å². The summed E-state index contributed by atoms with van der Waals surface area (Å²) in [6.45, 7) is 0. The maximum Gasteiger partial charge on any atom is 0.0991 e. The van der Waals surface area contributed by atoms with Crippen molar-refractivity contribution in [3.8, 4) is 6.07 Å². The summed E-state index contributed by atoms with van der Waals surface area (Å²) in [4.78, 5) is 7.22. The third-order valence-electron chi connectivity index (χ3n) is 2.75. The van der Waals surface area contributed by atoms with Gasteiger partial charge in [0.1, 0.15) is 0 Å². The molecule has 0 fully saturated rings. The zero-order valence-corrected chi connectivity index (χ0v) is 9.51. The van der Waals surface area contributed by atoms with E-state index in [4.69, 9.17) is 5.26 Å². The predicted molar refractivity (Wildman–Crippen MR) is 70.5 cm³/mol. The lowest BCUT2D eigenvalue weighted by atomic mass is 10.1. The number of anilines is 2. The van der Waals surface area contributed by atoms with Crippen LogP contribution in [0, 0.1) is 11.3 Å². The molecule has 3 rings (SSSR count). The zero-order chi connectivity index (χ0) is 12.4. The van der Waals surface area contributed by atoms with Crippen LogP contribution in [-0.4, -0.2) is 9.97 Å². The molecule has 0 spiro atoms. The van der Waals surface area contributed by atoms with Crippen molar-refractivity contribution in [2.45, 2.75) is 0 Å².